The number of benzene rings is 1. The largest absolute Gasteiger partial charge is 0.504 e. The molecule has 74 valence electrons. The lowest BCUT2D eigenvalue weighted by Gasteiger charge is -2.00. The third kappa shape index (κ3) is 2.26. The van der Waals surface area contributed by atoms with Crippen LogP contribution >= 0.6 is 0 Å². The smallest absolute Gasteiger partial charge is 0.330 e. The standard InChI is InChI=1S/C10H10O4/c1-14-9(12)6-5-7-3-2-4-8(11)10(7)13/h2-6,11,13H,1H3/b6-5+. The number of rotatable bonds is 2. The Morgan fingerprint density at radius 2 is 2.14 bits per heavy atom. The molecule has 0 radical (unpaired) electrons. The summed E-state index contributed by atoms with van der Waals surface area (Å²) in [4.78, 5) is 10.7. The van der Waals surface area contributed by atoms with Gasteiger partial charge in [0.2, 0.25) is 0 Å². The number of hydrogen-bond donors (Lipinski definition) is 2. The van der Waals surface area contributed by atoms with Crippen molar-refractivity contribution in [3.05, 3.63) is 29.8 Å². The van der Waals surface area contributed by atoms with Gasteiger partial charge in [-0.3, -0.25) is 0 Å². The van der Waals surface area contributed by atoms with E-state index in [0.717, 1.165) is 6.08 Å². The fraction of sp³-hybridized carbons (Fsp3) is 0.100. The van der Waals surface area contributed by atoms with Gasteiger partial charge in [-0.25, -0.2) is 4.79 Å². The van der Waals surface area contributed by atoms with Crippen molar-refractivity contribution in [3.8, 4) is 11.5 Å². The second kappa shape index (κ2) is 4.32. The Labute approximate surface area is 81.1 Å². The number of phenols is 2. The first-order valence-corrected chi connectivity index (χ1v) is 3.92. The molecule has 0 atom stereocenters. The molecule has 1 aromatic rings. The summed E-state index contributed by atoms with van der Waals surface area (Å²) in [5, 5.41) is 18.5. The number of ether oxygens (including phenoxy) is 1. The number of methoxy groups -OCH3 is 1. The van der Waals surface area contributed by atoms with Crippen LogP contribution in [0.15, 0.2) is 24.3 Å². The van der Waals surface area contributed by atoms with Crippen molar-refractivity contribution in [1.29, 1.82) is 0 Å². The Morgan fingerprint density at radius 1 is 1.43 bits per heavy atom. The molecule has 0 heterocycles. The number of carbonyl (C=O) groups is 1. The zero-order valence-corrected chi connectivity index (χ0v) is 7.60. The van der Waals surface area contributed by atoms with E-state index in [1.807, 2.05) is 0 Å². The first-order chi connectivity index (χ1) is 6.65. The highest BCUT2D eigenvalue weighted by atomic mass is 16.5. The van der Waals surface area contributed by atoms with Crippen molar-refractivity contribution in [3.63, 3.8) is 0 Å². The molecule has 0 unspecified atom stereocenters. The molecule has 4 nitrogen and oxygen atoms in total. The van der Waals surface area contributed by atoms with Crippen molar-refractivity contribution in [2.45, 2.75) is 0 Å². The number of phenolic OH excluding ortho intramolecular Hbond substituents is 2. The quantitative estimate of drug-likeness (QED) is 0.423. The summed E-state index contributed by atoms with van der Waals surface area (Å²) in [7, 11) is 1.26. The molecule has 0 fully saturated rings. The van der Waals surface area contributed by atoms with Crippen LogP contribution in [0.25, 0.3) is 6.08 Å². The van der Waals surface area contributed by atoms with E-state index in [9.17, 15) is 9.90 Å². The molecular formula is C10H10O4. The van der Waals surface area contributed by atoms with Gasteiger partial charge in [-0.05, 0) is 12.1 Å². The maximum absolute atomic E-state index is 10.7. The van der Waals surface area contributed by atoms with Crippen LogP contribution in [-0.4, -0.2) is 23.3 Å². The van der Waals surface area contributed by atoms with Crippen LogP contribution in [0.1, 0.15) is 5.56 Å². The van der Waals surface area contributed by atoms with Gasteiger partial charge in [0.25, 0.3) is 0 Å². The summed E-state index contributed by atoms with van der Waals surface area (Å²) >= 11 is 0. The van der Waals surface area contributed by atoms with E-state index in [0.29, 0.717) is 5.56 Å². The van der Waals surface area contributed by atoms with E-state index in [2.05, 4.69) is 4.74 Å². The van der Waals surface area contributed by atoms with Crippen LogP contribution in [0.3, 0.4) is 0 Å². The highest BCUT2D eigenvalue weighted by Crippen LogP contribution is 2.28. The van der Waals surface area contributed by atoms with Crippen LogP contribution in [0.2, 0.25) is 0 Å². The molecule has 1 aromatic carbocycles. The van der Waals surface area contributed by atoms with E-state index in [1.54, 1.807) is 12.1 Å². The van der Waals surface area contributed by atoms with Crippen molar-refractivity contribution in [1.82, 2.24) is 0 Å². The number of aromatic hydroxyl groups is 2. The number of esters is 1. The molecule has 14 heavy (non-hydrogen) atoms. The summed E-state index contributed by atoms with van der Waals surface area (Å²) in [5.74, 6) is -1.00. The number of carbonyl (C=O) groups excluding carboxylic acids is 1. The summed E-state index contributed by atoms with van der Waals surface area (Å²) in [6.45, 7) is 0. The third-order valence-electron chi connectivity index (χ3n) is 1.65. The van der Waals surface area contributed by atoms with Crippen LogP contribution in [-0.2, 0) is 9.53 Å². The highest BCUT2D eigenvalue weighted by Gasteiger charge is 2.02. The molecule has 0 aliphatic heterocycles. The van der Waals surface area contributed by atoms with Gasteiger partial charge in [-0.15, -0.1) is 0 Å². The zero-order chi connectivity index (χ0) is 10.6. The fourth-order valence-corrected chi connectivity index (χ4v) is 0.909. The molecule has 1 rings (SSSR count). The van der Waals surface area contributed by atoms with Crippen molar-refractivity contribution < 1.29 is 19.7 Å². The summed E-state index contributed by atoms with van der Waals surface area (Å²) < 4.78 is 4.37. The Hall–Kier alpha value is -1.97. The van der Waals surface area contributed by atoms with Crippen LogP contribution in [0.5, 0.6) is 11.5 Å². The van der Waals surface area contributed by atoms with Crippen molar-refractivity contribution in [2.75, 3.05) is 7.11 Å². The fourth-order valence-electron chi connectivity index (χ4n) is 0.909. The molecule has 0 aliphatic rings. The predicted octanol–water partition coefficient (Wildman–Crippen LogP) is 1.28. The summed E-state index contributed by atoms with van der Waals surface area (Å²) in [5.41, 5.74) is 0.357. The Kier molecular flexibility index (Phi) is 3.12. The second-order valence-corrected chi connectivity index (χ2v) is 2.57. The van der Waals surface area contributed by atoms with Crippen LogP contribution in [0.4, 0.5) is 0 Å². The van der Waals surface area contributed by atoms with Gasteiger partial charge in [-0.2, -0.15) is 0 Å². The summed E-state index contributed by atoms with van der Waals surface area (Å²) in [6, 6.07) is 4.48. The Balaban J connectivity index is 2.92. The van der Waals surface area contributed by atoms with Gasteiger partial charge in [0.05, 0.1) is 7.11 Å². The predicted molar refractivity (Wildman–Crippen MR) is 50.8 cm³/mol. The molecule has 0 aromatic heterocycles. The zero-order valence-electron chi connectivity index (χ0n) is 7.60. The lowest BCUT2D eigenvalue weighted by Crippen LogP contribution is -1.93. The van der Waals surface area contributed by atoms with E-state index in [4.69, 9.17) is 5.11 Å². The minimum Gasteiger partial charge on any atom is -0.504 e. The number of para-hydroxylation sites is 1. The van der Waals surface area contributed by atoms with E-state index in [1.165, 1.54) is 19.3 Å². The van der Waals surface area contributed by atoms with Gasteiger partial charge in [0.15, 0.2) is 11.5 Å². The highest BCUT2D eigenvalue weighted by molar-refractivity contribution is 5.87. The molecule has 0 bridgehead atoms. The van der Waals surface area contributed by atoms with Gasteiger partial charge in [0, 0.05) is 11.6 Å². The van der Waals surface area contributed by atoms with Crippen molar-refractivity contribution in [2.24, 2.45) is 0 Å². The molecule has 0 saturated carbocycles. The molecular weight excluding hydrogens is 184 g/mol. The molecule has 0 spiro atoms. The van der Waals surface area contributed by atoms with E-state index >= 15 is 0 Å². The third-order valence-corrected chi connectivity index (χ3v) is 1.65. The molecule has 0 amide bonds. The van der Waals surface area contributed by atoms with Crippen LogP contribution in [0, 0.1) is 0 Å². The van der Waals surface area contributed by atoms with Gasteiger partial charge < -0.3 is 14.9 Å². The Morgan fingerprint density at radius 3 is 2.79 bits per heavy atom. The number of hydrogen-bond acceptors (Lipinski definition) is 4. The maximum Gasteiger partial charge on any atom is 0.330 e. The minimum atomic E-state index is -0.521. The first kappa shape index (κ1) is 10.1. The van der Waals surface area contributed by atoms with Gasteiger partial charge in [0.1, 0.15) is 0 Å². The van der Waals surface area contributed by atoms with Crippen molar-refractivity contribution >= 4 is 12.0 Å². The minimum absolute atomic E-state index is 0.225. The second-order valence-electron chi connectivity index (χ2n) is 2.57. The van der Waals surface area contributed by atoms with E-state index < -0.39 is 5.97 Å². The van der Waals surface area contributed by atoms with Gasteiger partial charge in [-0.1, -0.05) is 12.1 Å². The molecule has 0 saturated heterocycles. The SMILES string of the molecule is COC(=O)/C=C/c1cccc(O)c1O. The lowest BCUT2D eigenvalue weighted by atomic mass is 10.2. The lowest BCUT2D eigenvalue weighted by molar-refractivity contribution is -0.134. The monoisotopic (exact) mass is 194 g/mol. The van der Waals surface area contributed by atoms with Crippen LogP contribution < -0.4 is 0 Å². The maximum atomic E-state index is 10.7. The summed E-state index contributed by atoms with van der Waals surface area (Å²) in [6.07, 6.45) is 2.52. The Bertz CT molecular complexity index is 368. The average molecular weight is 194 g/mol. The van der Waals surface area contributed by atoms with E-state index in [-0.39, 0.29) is 11.5 Å². The molecule has 4 heteroatoms. The first-order valence-electron chi connectivity index (χ1n) is 3.92. The molecule has 2 N–H and O–H groups in total. The molecule has 0 aliphatic carbocycles. The average Bonchev–Trinajstić information content (AvgIpc) is 2.20. The normalized spacial score (nSPS) is 10.4. The van der Waals surface area contributed by atoms with Gasteiger partial charge >= 0.3 is 5.97 Å². The topological polar surface area (TPSA) is 66.8 Å².